The molecule has 1 amide bonds. The Morgan fingerprint density at radius 2 is 2.19 bits per heavy atom. The molecule has 21 heavy (non-hydrogen) atoms. The van der Waals surface area contributed by atoms with E-state index in [0.717, 1.165) is 55.7 Å². The summed E-state index contributed by atoms with van der Waals surface area (Å²) in [6, 6.07) is 6.38. The molecule has 0 bridgehead atoms. The Labute approximate surface area is 134 Å². The quantitative estimate of drug-likeness (QED) is 0.905. The molecule has 1 aromatic carbocycles. The third kappa shape index (κ3) is 3.58. The molecule has 1 N–H and O–H groups in total. The van der Waals surface area contributed by atoms with Crippen LogP contribution in [0.3, 0.4) is 0 Å². The molecule has 2 heterocycles. The molecule has 0 aliphatic carbocycles. The Balaban J connectivity index is 1.54. The number of halogens is 1. The van der Waals surface area contributed by atoms with Crippen LogP contribution >= 0.6 is 15.9 Å². The van der Waals surface area contributed by atoms with Gasteiger partial charge in [0.25, 0.3) is 0 Å². The van der Waals surface area contributed by atoms with Gasteiger partial charge in [-0.1, -0.05) is 15.9 Å². The molecule has 1 aromatic rings. The first-order valence-corrected chi connectivity index (χ1v) is 8.47. The molecule has 0 aromatic heterocycles. The lowest BCUT2D eigenvalue weighted by Crippen LogP contribution is -2.33. The molecule has 2 aliphatic heterocycles. The summed E-state index contributed by atoms with van der Waals surface area (Å²) in [5.74, 6) is 1.23. The fourth-order valence-corrected chi connectivity index (χ4v) is 3.43. The molecule has 1 atom stereocenters. The minimum absolute atomic E-state index is 0.276. The van der Waals surface area contributed by atoms with Gasteiger partial charge in [0.15, 0.2) is 0 Å². The van der Waals surface area contributed by atoms with Gasteiger partial charge in [0, 0.05) is 48.6 Å². The lowest BCUT2D eigenvalue weighted by molar-refractivity contribution is -0.130. The molecule has 0 saturated carbocycles. The molecule has 5 heteroatoms. The molecule has 1 fully saturated rings. The lowest BCUT2D eigenvalue weighted by atomic mass is 10.0. The number of rotatable bonds is 4. The minimum Gasteiger partial charge on any atom is -0.493 e. The lowest BCUT2D eigenvalue weighted by Gasteiger charge is -2.27. The zero-order valence-electron chi connectivity index (χ0n) is 12.1. The first kappa shape index (κ1) is 14.9. The Morgan fingerprint density at radius 1 is 1.38 bits per heavy atom. The van der Waals surface area contributed by atoms with Crippen LogP contribution in [0.15, 0.2) is 22.7 Å². The van der Waals surface area contributed by atoms with E-state index in [1.807, 2.05) is 17.0 Å². The van der Waals surface area contributed by atoms with E-state index >= 15 is 0 Å². The fraction of sp³-hybridized carbons (Fsp3) is 0.562. The Hall–Kier alpha value is -1.07. The maximum atomic E-state index is 12.0. The molecule has 1 unspecified atom stereocenters. The standard InChI is InChI=1S/C16H21BrN2O2/c17-12-3-4-15-13(11-12)14(6-10-21-15)18-7-5-16(20)19-8-1-2-9-19/h3-4,11,14,18H,1-2,5-10H2. The predicted octanol–water partition coefficient (Wildman–Crippen LogP) is 2.87. The summed E-state index contributed by atoms with van der Waals surface area (Å²) in [5, 5.41) is 3.51. The van der Waals surface area contributed by atoms with Gasteiger partial charge in [-0.2, -0.15) is 0 Å². The van der Waals surface area contributed by atoms with Crippen LogP contribution in [0.1, 0.15) is 37.3 Å². The Morgan fingerprint density at radius 3 is 3.00 bits per heavy atom. The molecule has 4 nitrogen and oxygen atoms in total. The summed E-state index contributed by atoms with van der Waals surface area (Å²) in [4.78, 5) is 14.0. The SMILES string of the molecule is O=C(CCNC1CCOc2ccc(Br)cc21)N1CCCC1. The Bertz CT molecular complexity index is 515. The average Bonchev–Trinajstić information content (AvgIpc) is 3.02. The summed E-state index contributed by atoms with van der Waals surface area (Å²) in [6.45, 7) is 3.33. The summed E-state index contributed by atoms with van der Waals surface area (Å²) < 4.78 is 6.74. The zero-order chi connectivity index (χ0) is 14.7. The van der Waals surface area contributed by atoms with E-state index in [4.69, 9.17) is 4.74 Å². The maximum Gasteiger partial charge on any atom is 0.223 e. The van der Waals surface area contributed by atoms with Crippen LogP contribution in [-0.4, -0.2) is 37.0 Å². The van der Waals surface area contributed by atoms with Gasteiger partial charge < -0.3 is 15.0 Å². The van der Waals surface area contributed by atoms with E-state index in [0.29, 0.717) is 6.42 Å². The van der Waals surface area contributed by atoms with Crippen molar-refractivity contribution in [2.45, 2.75) is 31.7 Å². The van der Waals surface area contributed by atoms with Crippen LogP contribution < -0.4 is 10.1 Å². The minimum atomic E-state index is 0.276. The van der Waals surface area contributed by atoms with Crippen LogP contribution in [-0.2, 0) is 4.79 Å². The van der Waals surface area contributed by atoms with Crippen molar-refractivity contribution in [2.24, 2.45) is 0 Å². The van der Waals surface area contributed by atoms with Crippen molar-refractivity contribution in [3.8, 4) is 5.75 Å². The number of nitrogens with zero attached hydrogens (tertiary/aromatic N) is 1. The third-order valence-corrected chi connectivity index (χ3v) is 4.69. The molecule has 0 radical (unpaired) electrons. The number of fused-ring (bicyclic) bond motifs is 1. The molecule has 2 aliphatic rings. The smallest absolute Gasteiger partial charge is 0.223 e. The van der Waals surface area contributed by atoms with Crippen LogP contribution in [0.4, 0.5) is 0 Å². The highest BCUT2D eigenvalue weighted by Crippen LogP contribution is 2.34. The van der Waals surface area contributed by atoms with Gasteiger partial charge in [-0.15, -0.1) is 0 Å². The molecular weight excluding hydrogens is 332 g/mol. The van der Waals surface area contributed by atoms with E-state index in [-0.39, 0.29) is 11.9 Å². The van der Waals surface area contributed by atoms with Crippen molar-refractivity contribution in [1.29, 1.82) is 0 Å². The summed E-state index contributed by atoms with van der Waals surface area (Å²) in [5.41, 5.74) is 1.18. The highest BCUT2D eigenvalue weighted by molar-refractivity contribution is 9.10. The van der Waals surface area contributed by atoms with Crippen molar-refractivity contribution >= 4 is 21.8 Å². The number of carbonyl (C=O) groups excluding carboxylic acids is 1. The Kier molecular flexibility index (Phi) is 4.80. The van der Waals surface area contributed by atoms with Crippen molar-refractivity contribution in [3.63, 3.8) is 0 Å². The van der Waals surface area contributed by atoms with Gasteiger partial charge in [0.05, 0.1) is 6.61 Å². The van der Waals surface area contributed by atoms with Crippen LogP contribution in [0, 0.1) is 0 Å². The normalized spacial score (nSPS) is 21.0. The topological polar surface area (TPSA) is 41.6 Å². The van der Waals surface area contributed by atoms with Gasteiger partial charge in [-0.3, -0.25) is 4.79 Å². The number of ether oxygens (including phenoxy) is 1. The van der Waals surface area contributed by atoms with Gasteiger partial charge in [-0.05, 0) is 31.0 Å². The summed E-state index contributed by atoms with van der Waals surface area (Å²) >= 11 is 3.51. The number of carbonyl (C=O) groups is 1. The van der Waals surface area contributed by atoms with Gasteiger partial charge in [0.2, 0.25) is 5.91 Å². The highest BCUT2D eigenvalue weighted by Gasteiger charge is 2.22. The first-order valence-electron chi connectivity index (χ1n) is 7.67. The number of likely N-dealkylation sites (tertiary alicyclic amines) is 1. The monoisotopic (exact) mass is 352 g/mol. The molecule has 3 rings (SSSR count). The van der Waals surface area contributed by atoms with Crippen molar-refractivity contribution in [2.75, 3.05) is 26.2 Å². The summed E-state index contributed by atoms with van der Waals surface area (Å²) in [6.07, 6.45) is 3.84. The summed E-state index contributed by atoms with van der Waals surface area (Å²) in [7, 11) is 0. The number of nitrogens with one attached hydrogen (secondary N) is 1. The second-order valence-corrected chi connectivity index (χ2v) is 6.58. The van der Waals surface area contributed by atoms with E-state index < -0.39 is 0 Å². The number of hydrogen-bond donors (Lipinski definition) is 1. The molecule has 114 valence electrons. The van der Waals surface area contributed by atoms with Crippen molar-refractivity contribution in [3.05, 3.63) is 28.2 Å². The number of benzene rings is 1. The van der Waals surface area contributed by atoms with Crippen LogP contribution in [0.5, 0.6) is 5.75 Å². The van der Waals surface area contributed by atoms with E-state index in [2.05, 4.69) is 27.3 Å². The first-order chi connectivity index (χ1) is 10.2. The van der Waals surface area contributed by atoms with Crippen molar-refractivity contribution < 1.29 is 9.53 Å². The van der Waals surface area contributed by atoms with Crippen molar-refractivity contribution in [1.82, 2.24) is 10.2 Å². The zero-order valence-corrected chi connectivity index (χ0v) is 13.7. The average molecular weight is 353 g/mol. The highest BCUT2D eigenvalue weighted by atomic mass is 79.9. The number of hydrogen-bond acceptors (Lipinski definition) is 3. The second-order valence-electron chi connectivity index (χ2n) is 5.66. The van der Waals surface area contributed by atoms with Crippen LogP contribution in [0.2, 0.25) is 0 Å². The largest absolute Gasteiger partial charge is 0.493 e. The van der Waals surface area contributed by atoms with Gasteiger partial charge >= 0.3 is 0 Å². The number of amides is 1. The predicted molar refractivity (Wildman–Crippen MR) is 85.4 cm³/mol. The molecule has 0 spiro atoms. The van der Waals surface area contributed by atoms with E-state index in [9.17, 15) is 4.79 Å². The molecular formula is C16H21BrN2O2. The third-order valence-electron chi connectivity index (χ3n) is 4.20. The van der Waals surface area contributed by atoms with E-state index in [1.54, 1.807) is 0 Å². The fourth-order valence-electron chi connectivity index (χ4n) is 3.06. The van der Waals surface area contributed by atoms with Gasteiger partial charge in [0.1, 0.15) is 5.75 Å². The molecule has 1 saturated heterocycles. The van der Waals surface area contributed by atoms with Crippen LogP contribution in [0.25, 0.3) is 0 Å². The maximum absolute atomic E-state index is 12.0. The second kappa shape index (κ2) is 6.79. The van der Waals surface area contributed by atoms with E-state index in [1.165, 1.54) is 5.56 Å². The van der Waals surface area contributed by atoms with Gasteiger partial charge in [-0.25, -0.2) is 0 Å².